The maximum absolute atomic E-state index is 12.0. The third kappa shape index (κ3) is 2.57. The van der Waals surface area contributed by atoms with Crippen molar-refractivity contribution >= 4 is 32.8 Å². The highest BCUT2D eigenvalue weighted by molar-refractivity contribution is 9.10. The van der Waals surface area contributed by atoms with E-state index in [4.69, 9.17) is 9.52 Å². The minimum Gasteiger partial charge on any atom is -0.451 e. The van der Waals surface area contributed by atoms with Crippen LogP contribution in [-0.2, 0) is 0 Å². The molecular weight excluding hydrogens is 298 g/mol. The summed E-state index contributed by atoms with van der Waals surface area (Å²) < 4.78 is 6.36. The number of fused-ring (bicyclic) bond motifs is 1. The number of benzene rings is 1. The van der Waals surface area contributed by atoms with Crippen molar-refractivity contribution in [2.75, 3.05) is 6.61 Å². The predicted molar refractivity (Wildman–Crippen MR) is 72.5 cm³/mol. The second-order valence-electron chi connectivity index (χ2n) is 4.76. The molecule has 0 atom stereocenters. The average Bonchev–Trinajstić information content (AvgIpc) is 2.74. The number of rotatable bonds is 3. The van der Waals surface area contributed by atoms with E-state index in [9.17, 15) is 4.79 Å². The first-order valence-electron chi connectivity index (χ1n) is 5.54. The summed E-state index contributed by atoms with van der Waals surface area (Å²) in [5.41, 5.74) is -0.0239. The normalized spacial score (nSPS) is 11.8. The van der Waals surface area contributed by atoms with E-state index in [1.165, 1.54) is 0 Å². The monoisotopic (exact) mass is 311 g/mol. The van der Waals surface area contributed by atoms with Gasteiger partial charge in [-0.2, -0.15) is 0 Å². The predicted octanol–water partition coefficient (Wildman–Crippen LogP) is 2.70. The molecule has 0 fully saturated rings. The Morgan fingerprint density at radius 1 is 1.50 bits per heavy atom. The van der Waals surface area contributed by atoms with Gasteiger partial charge >= 0.3 is 0 Å². The van der Waals surface area contributed by atoms with Crippen molar-refractivity contribution in [2.45, 2.75) is 19.4 Å². The molecule has 2 rings (SSSR count). The van der Waals surface area contributed by atoms with Crippen molar-refractivity contribution in [1.29, 1.82) is 0 Å². The van der Waals surface area contributed by atoms with Crippen LogP contribution in [-0.4, -0.2) is 23.2 Å². The van der Waals surface area contributed by atoms with Crippen LogP contribution in [0.5, 0.6) is 0 Å². The molecule has 1 aromatic carbocycles. The number of aliphatic hydroxyl groups excluding tert-OH is 1. The lowest BCUT2D eigenvalue weighted by atomic mass is 10.1. The van der Waals surface area contributed by atoms with Crippen LogP contribution in [0.3, 0.4) is 0 Å². The van der Waals surface area contributed by atoms with Crippen molar-refractivity contribution in [3.63, 3.8) is 0 Å². The number of carbonyl (C=O) groups excluding carboxylic acids is 1. The number of carbonyl (C=O) groups is 1. The standard InChI is InChI=1S/C13H14BrNO3/c1-13(2,7-16)15-12(17)11-6-8-9(14)4-3-5-10(8)18-11/h3-6,16H,7H2,1-2H3,(H,15,17). The summed E-state index contributed by atoms with van der Waals surface area (Å²) in [7, 11) is 0. The summed E-state index contributed by atoms with van der Waals surface area (Å²) in [5, 5.41) is 12.7. The van der Waals surface area contributed by atoms with Crippen LogP contribution < -0.4 is 5.32 Å². The number of halogens is 1. The van der Waals surface area contributed by atoms with Gasteiger partial charge in [-0.25, -0.2) is 0 Å². The van der Waals surface area contributed by atoms with E-state index in [1.54, 1.807) is 26.0 Å². The first kappa shape index (κ1) is 13.1. The van der Waals surface area contributed by atoms with E-state index >= 15 is 0 Å². The fourth-order valence-corrected chi connectivity index (χ4v) is 2.01. The van der Waals surface area contributed by atoms with Crippen LogP contribution in [0.4, 0.5) is 0 Å². The van der Waals surface area contributed by atoms with E-state index in [2.05, 4.69) is 21.2 Å². The summed E-state index contributed by atoms with van der Waals surface area (Å²) in [5.74, 6) is -0.101. The molecule has 0 aliphatic carbocycles. The zero-order chi connectivity index (χ0) is 13.3. The fraction of sp³-hybridized carbons (Fsp3) is 0.308. The second-order valence-corrected chi connectivity index (χ2v) is 5.61. The summed E-state index contributed by atoms with van der Waals surface area (Å²) in [6.45, 7) is 3.34. The molecule has 5 heteroatoms. The maximum atomic E-state index is 12.0. The van der Waals surface area contributed by atoms with Gasteiger partial charge in [-0.15, -0.1) is 0 Å². The minimum absolute atomic E-state index is 0.136. The SMILES string of the molecule is CC(C)(CO)NC(=O)c1cc2c(Br)cccc2o1. The Morgan fingerprint density at radius 3 is 2.83 bits per heavy atom. The number of aliphatic hydroxyl groups is 1. The fourth-order valence-electron chi connectivity index (χ4n) is 1.55. The van der Waals surface area contributed by atoms with Crippen molar-refractivity contribution in [3.05, 3.63) is 34.5 Å². The van der Waals surface area contributed by atoms with Gasteiger partial charge in [-0.05, 0) is 32.0 Å². The topological polar surface area (TPSA) is 62.5 Å². The van der Waals surface area contributed by atoms with Gasteiger partial charge < -0.3 is 14.8 Å². The molecule has 0 bridgehead atoms. The Hall–Kier alpha value is -1.33. The van der Waals surface area contributed by atoms with Crippen molar-refractivity contribution in [3.8, 4) is 0 Å². The van der Waals surface area contributed by atoms with Crippen LogP contribution in [0, 0.1) is 0 Å². The highest BCUT2D eigenvalue weighted by atomic mass is 79.9. The molecule has 1 amide bonds. The summed E-state index contributed by atoms with van der Waals surface area (Å²) in [4.78, 5) is 12.0. The van der Waals surface area contributed by atoms with Crippen molar-refractivity contribution in [2.24, 2.45) is 0 Å². The molecule has 1 aromatic heterocycles. The molecule has 0 radical (unpaired) electrons. The minimum atomic E-state index is -0.673. The molecule has 1 heterocycles. The van der Waals surface area contributed by atoms with E-state index in [1.807, 2.05) is 12.1 Å². The number of hydrogen-bond acceptors (Lipinski definition) is 3. The Bertz CT molecular complexity index is 589. The Labute approximate surface area is 113 Å². The van der Waals surface area contributed by atoms with Gasteiger partial charge in [0.2, 0.25) is 0 Å². The van der Waals surface area contributed by atoms with E-state index in [0.29, 0.717) is 5.58 Å². The average molecular weight is 312 g/mol. The van der Waals surface area contributed by atoms with Crippen molar-refractivity contribution in [1.82, 2.24) is 5.32 Å². The number of hydrogen-bond donors (Lipinski definition) is 2. The molecule has 0 aliphatic rings. The molecule has 0 saturated heterocycles. The lowest BCUT2D eigenvalue weighted by Gasteiger charge is -2.22. The third-order valence-electron chi connectivity index (χ3n) is 2.58. The molecular formula is C13H14BrNO3. The molecule has 96 valence electrons. The van der Waals surface area contributed by atoms with Gasteiger partial charge in [0.1, 0.15) is 5.58 Å². The molecule has 2 aromatic rings. The van der Waals surface area contributed by atoms with Crippen LogP contribution in [0.15, 0.2) is 33.2 Å². The van der Waals surface area contributed by atoms with Gasteiger partial charge in [0.15, 0.2) is 5.76 Å². The first-order chi connectivity index (χ1) is 8.43. The van der Waals surface area contributed by atoms with Crippen LogP contribution in [0.1, 0.15) is 24.4 Å². The number of amides is 1. The van der Waals surface area contributed by atoms with Gasteiger partial charge in [0, 0.05) is 9.86 Å². The van der Waals surface area contributed by atoms with Crippen LogP contribution in [0.2, 0.25) is 0 Å². The smallest absolute Gasteiger partial charge is 0.287 e. The second kappa shape index (κ2) is 4.74. The molecule has 0 spiro atoms. The Kier molecular flexibility index (Phi) is 3.45. The lowest BCUT2D eigenvalue weighted by molar-refractivity contribution is 0.0843. The summed E-state index contributed by atoms with van der Waals surface area (Å²) in [6.07, 6.45) is 0. The van der Waals surface area contributed by atoms with Gasteiger partial charge in [0.25, 0.3) is 5.91 Å². The third-order valence-corrected chi connectivity index (χ3v) is 3.27. The molecule has 0 aliphatic heterocycles. The highest BCUT2D eigenvalue weighted by Gasteiger charge is 2.22. The molecule has 2 N–H and O–H groups in total. The quantitative estimate of drug-likeness (QED) is 0.916. The molecule has 18 heavy (non-hydrogen) atoms. The lowest BCUT2D eigenvalue weighted by Crippen LogP contribution is -2.46. The maximum Gasteiger partial charge on any atom is 0.287 e. The number of nitrogens with one attached hydrogen (secondary N) is 1. The zero-order valence-electron chi connectivity index (χ0n) is 10.2. The van der Waals surface area contributed by atoms with Crippen LogP contribution >= 0.6 is 15.9 Å². The van der Waals surface area contributed by atoms with Crippen molar-refractivity contribution < 1.29 is 14.3 Å². The van der Waals surface area contributed by atoms with E-state index < -0.39 is 5.54 Å². The largest absolute Gasteiger partial charge is 0.451 e. The highest BCUT2D eigenvalue weighted by Crippen LogP contribution is 2.27. The Morgan fingerprint density at radius 2 is 2.22 bits per heavy atom. The van der Waals surface area contributed by atoms with Gasteiger partial charge in [0.05, 0.1) is 12.1 Å². The van der Waals surface area contributed by atoms with Gasteiger partial charge in [-0.3, -0.25) is 4.79 Å². The van der Waals surface area contributed by atoms with Crippen LogP contribution in [0.25, 0.3) is 11.0 Å². The molecule has 0 unspecified atom stereocenters. The molecule has 0 saturated carbocycles. The summed E-state index contributed by atoms with van der Waals surface area (Å²) >= 11 is 3.40. The van der Waals surface area contributed by atoms with E-state index in [-0.39, 0.29) is 18.3 Å². The van der Waals surface area contributed by atoms with Gasteiger partial charge in [-0.1, -0.05) is 22.0 Å². The first-order valence-corrected chi connectivity index (χ1v) is 6.34. The van der Waals surface area contributed by atoms with E-state index in [0.717, 1.165) is 9.86 Å². The summed E-state index contributed by atoms with van der Waals surface area (Å²) in [6, 6.07) is 7.21. The zero-order valence-corrected chi connectivity index (χ0v) is 11.7. The molecule has 4 nitrogen and oxygen atoms in total. The Balaban J connectivity index is 2.32. The number of furan rings is 1.